The number of rotatable bonds is 2. The molecule has 1 N–H and O–H groups in total. The molecule has 0 spiro atoms. The van der Waals surface area contributed by atoms with Crippen molar-refractivity contribution in [1.82, 2.24) is 0 Å². The maximum atomic E-state index is 13.0. The van der Waals surface area contributed by atoms with Gasteiger partial charge in [-0.25, -0.2) is 9.18 Å². The van der Waals surface area contributed by atoms with Gasteiger partial charge in [-0.2, -0.15) is 0 Å². The van der Waals surface area contributed by atoms with Crippen molar-refractivity contribution in [2.45, 2.75) is 13.8 Å². The third-order valence-electron chi connectivity index (χ3n) is 2.97. The van der Waals surface area contributed by atoms with Crippen LogP contribution >= 0.6 is 0 Å². The SMILES string of the molecule is Cc1ccc(-c2ccc(F)cc2C)cc1C(=O)O. The number of carboxylic acids is 1. The summed E-state index contributed by atoms with van der Waals surface area (Å²) in [7, 11) is 0. The van der Waals surface area contributed by atoms with Crippen LogP contribution in [0.1, 0.15) is 21.5 Å². The van der Waals surface area contributed by atoms with E-state index in [1.807, 2.05) is 6.07 Å². The third-order valence-corrected chi connectivity index (χ3v) is 2.97. The maximum Gasteiger partial charge on any atom is 0.335 e. The minimum atomic E-state index is -0.950. The predicted octanol–water partition coefficient (Wildman–Crippen LogP) is 3.81. The van der Waals surface area contributed by atoms with Crippen molar-refractivity contribution < 1.29 is 14.3 Å². The second-order valence-corrected chi connectivity index (χ2v) is 4.29. The Bertz CT molecular complexity index is 618. The van der Waals surface area contributed by atoms with E-state index in [-0.39, 0.29) is 11.4 Å². The van der Waals surface area contributed by atoms with Gasteiger partial charge in [0.2, 0.25) is 0 Å². The molecule has 0 fully saturated rings. The Morgan fingerprint density at radius 3 is 2.39 bits per heavy atom. The van der Waals surface area contributed by atoms with Gasteiger partial charge in [-0.05, 0) is 54.3 Å². The summed E-state index contributed by atoms with van der Waals surface area (Å²) in [6, 6.07) is 9.72. The molecule has 0 heterocycles. The summed E-state index contributed by atoms with van der Waals surface area (Å²) in [6.45, 7) is 3.56. The average Bonchev–Trinajstić information content (AvgIpc) is 2.30. The molecule has 92 valence electrons. The lowest BCUT2D eigenvalue weighted by atomic mass is 9.96. The van der Waals surface area contributed by atoms with Gasteiger partial charge in [0, 0.05) is 0 Å². The van der Waals surface area contributed by atoms with Crippen molar-refractivity contribution in [3.05, 3.63) is 58.9 Å². The van der Waals surface area contributed by atoms with Crippen LogP contribution < -0.4 is 0 Å². The molecule has 0 amide bonds. The largest absolute Gasteiger partial charge is 0.478 e. The molecule has 18 heavy (non-hydrogen) atoms. The number of halogens is 1. The lowest BCUT2D eigenvalue weighted by Crippen LogP contribution is -2.00. The van der Waals surface area contributed by atoms with Crippen molar-refractivity contribution in [3.8, 4) is 11.1 Å². The first-order valence-electron chi connectivity index (χ1n) is 5.59. The van der Waals surface area contributed by atoms with Crippen molar-refractivity contribution in [2.75, 3.05) is 0 Å². The van der Waals surface area contributed by atoms with E-state index in [0.29, 0.717) is 5.56 Å². The minimum absolute atomic E-state index is 0.274. The summed E-state index contributed by atoms with van der Waals surface area (Å²) in [5, 5.41) is 9.09. The zero-order chi connectivity index (χ0) is 13.3. The molecule has 0 saturated heterocycles. The highest BCUT2D eigenvalue weighted by Crippen LogP contribution is 2.26. The first-order valence-corrected chi connectivity index (χ1v) is 5.59. The zero-order valence-corrected chi connectivity index (χ0v) is 10.2. The monoisotopic (exact) mass is 244 g/mol. The van der Waals surface area contributed by atoms with Crippen LogP contribution in [0.5, 0.6) is 0 Å². The molecule has 0 aromatic heterocycles. The molecular formula is C15H13FO2. The van der Waals surface area contributed by atoms with E-state index in [2.05, 4.69) is 0 Å². The lowest BCUT2D eigenvalue weighted by molar-refractivity contribution is 0.0696. The minimum Gasteiger partial charge on any atom is -0.478 e. The molecule has 3 heteroatoms. The lowest BCUT2D eigenvalue weighted by Gasteiger charge is -2.08. The third kappa shape index (κ3) is 2.25. The van der Waals surface area contributed by atoms with Crippen molar-refractivity contribution in [1.29, 1.82) is 0 Å². The summed E-state index contributed by atoms with van der Waals surface area (Å²) >= 11 is 0. The fourth-order valence-corrected chi connectivity index (χ4v) is 1.97. The van der Waals surface area contributed by atoms with Gasteiger partial charge in [-0.15, -0.1) is 0 Å². The van der Waals surface area contributed by atoms with E-state index < -0.39 is 5.97 Å². The summed E-state index contributed by atoms with van der Waals surface area (Å²) in [5.74, 6) is -1.24. The van der Waals surface area contributed by atoms with Crippen LogP contribution in [0.15, 0.2) is 36.4 Å². The first-order chi connectivity index (χ1) is 8.49. The van der Waals surface area contributed by atoms with Crippen LogP contribution in [0.4, 0.5) is 4.39 Å². The summed E-state index contributed by atoms with van der Waals surface area (Å²) < 4.78 is 13.0. The number of benzene rings is 2. The molecule has 0 aliphatic heterocycles. The summed E-state index contributed by atoms with van der Waals surface area (Å²) in [6.07, 6.45) is 0. The Morgan fingerprint density at radius 1 is 1.06 bits per heavy atom. The van der Waals surface area contributed by atoms with Gasteiger partial charge in [-0.3, -0.25) is 0 Å². The highest BCUT2D eigenvalue weighted by atomic mass is 19.1. The van der Waals surface area contributed by atoms with Crippen LogP contribution in [-0.2, 0) is 0 Å². The smallest absolute Gasteiger partial charge is 0.335 e. The Balaban J connectivity index is 2.58. The van der Waals surface area contributed by atoms with Gasteiger partial charge in [0.05, 0.1) is 5.56 Å². The second-order valence-electron chi connectivity index (χ2n) is 4.29. The molecule has 2 nitrogen and oxygen atoms in total. The predicted molar refractivity (Wildman–Crippen MR) is 68.3 cm³/mol. The van der Waals surface area contributed by atoms with Crippen LogP contribution in [-0.4, -0.2) is 11.1 Å². The molecule has 0 bridgehead atoms. The van der Waals surface area contributed by atoms with E-state index in [1.165, 1.54) is 12.1 Å². The Kier molecular flexibility index (Phi) is 3.15. The normalized spacial score (nSPS) is 10.4. The number of carboxylic acid groups (broad SMARTS) is 1. The Morgan fingerprint density at radius 2 is 1.78 bits per heavy atom. The number of aromatic carboxylic acids is 1. The van der Waals surface area contributed by atoms with Crippen LogP contribution in [0.3, 0.4) is 0 Å². The quantitative estimate of drug-likeness (QED) is 0.872. The van der Waals surface area contributed by atoms with Gasteiger partial charge in [0.15, 0.2) is 0 Å². The number of hydrogen-bond acceptors (Lipinski definition) is 1. The number of aryl methyl sites for hydroxylation is 2. The van der Waals surface area contributed by atoms with Gasteiger partial charge in [0.25, 0.3) is 0 Å². The molecule has 0 aliphatic rings. The fraction of sp³-hybridized carbons (Fsp3) is 0.133. The van der Waals surface area contributed by atoms with Gasteiger partial charge >= 0.3 is 5.97 Å². The van der Waals surface area contributed by atoms with E-state index in [4.69, 9.17) is 5.11 Å². The molecule has 2 aromatic carbocycles. The highest BCUT2D eigenvalue weighted by Gasteiger charge is 2.10. The Hall–Kier alpha value is -2.16. The second kappa shape index (κ2) is 4.61. The number of hydrogen-bond donors (Lipinski definition) is 1. The molecule has 0 radical (unpaired) electrons. The summed E-state index contributed by atoms with van der Waals surface area (Å²) in [4.78, 5) is 11.1. The molecule has 0 atom stereocenters. The van der Waals surface area contributed by atoms with Crippen molar-refractivity contribution in [3.63, 3.8) is 0 Å². The molecule has 0 unspecified atom stereocenters. The average molecular weight is 244 g/mol. The molecule has 2 rings (SSSR count). The van der Waals surface area contributed by atoms with Crippen molar-refractivity contribution in [2.24, 2.45) is 0 Å². The molecule has 0 saturated carbocycles. The van der Waals surface area contributed by atoms with E-state index in [9.17, 15) is 9.18 Å². The van der Waals surface area contributed by atoms with Gasteiger partial charge in [-0.1, -0.05) is 18.2 Å². The topological polar surface area (TPSA) is 37.3 Å². The molecule has 2 aromatic rings. The summed E-state index contributed by atoms with van der Waals surface area (Å²) in [5.41, 5.74) is 3.41. The first kappa shape index (κ1) is 12.3. The van der Waals surface area contributed by atoms with Crippen LogP contribution in [0.2, 0.25) is 0 Å². The van der Waals surface area contributed by atoms with E-state index >= 15 is 0 Å². The molecular weight excluding hydrogens is 231 g/mol. The van der Waals surface area contributed by atoms with Gasteiger partial charge in [0.1, 0.15) is 5.82 Å². The Labute approximate surface area is 105 Å². The van der Waals surface area contributed by atoms with Crippen molar-refractivity contribution >= 4 is 5.97 Å². The fourth-order valence-electron chi connectivity index (χ4n) is 1.97. The van der Waals surface area contributed by atoms with E-state index in [0.717, 1.165) is 16.7 Å². The zero-order valence-electron chi connectivity index (χ0n) is 10.2. The maximum absolute atomic E-state index is 13.0. The molecule has 0 aliphatic carbocycles. The standard InChI is InChI=1S/C15H13FO2/c1-9-3-4-11(8-14(9)15(17)18)13-6-5-12(16)7-10(13)2/h3-8H,1-2H3,(H,17,18). The van der Waals surface area contributed by atoms with Gasteiger partial charge < -0.3 is 5.11 Å². The highest BCUT2D eigenvalue weighted by molar-refractivity contribution is 5.91. The number of carbonyl (C=O) groups is 1. The van der Waals surface area contributed by atoms with Crippen LogP contribution in [0.25, 0.3) is 11.1 Å². The van der Waals surface area contributed by atoms with Crippen LogP contribution in [0, 0.1) is 19.7 Å². The van der Waals surface area contributed by atoms with E-state index in [1.54, 1.807) is 32.0 Å².